The van der Waals surface area contributed by atoms with Gasteiger partial charge < -0.3 is 10.4 Å². The third-order valence-electron chi connectivity index (χ3n) is 12.1. The van der Waals surface area contributed by atoms with E-state index in [1.54, 1.807) is 0 Å². The molecule has 0 heterocycles. The molecule has 0 aliphatic rings. The second kappa shape index (κ2) is 48.2. The van der Waals surface area contributed by atoms with Crippen molar-refractivity contribution in [2.75, 3.05) is 6.61 Å². The molecule has 0 aromatic carbocycles. The van der Waals surface area contributed by atoms with E-state index in [0.29, 0.717) is 12.2 Å². The van der Waals surface area contributed by atoms with E-state index in [4.69, 9.17) is 0 Å². The Labute approximate surface area is 351 Å². The molecule has 0 unspecified atom stereocenters. The molecule has 0 saturated carbocycles. The van der Waals surface area contributed by atoms with Crippen molar-refractivity contribution >= 4 is 11.7 Å². The zero-order valence-corrected chi connectivity index (χ0v) is 38.3. The van der Waals surface area contributed by atoms with Gasteiger partial charge in [0.1, 0.15) is 5.78 Å². The standard InChI is InChI=1S/C52H101NO3/c1-3-5-7-9-11-13-15-17-19-22-26-30-34-38-42-46-51(55)47-43-39-35-31-27-23-20-24-28-32-36-40-44-48-52(56)53-50(49-54)45-41-37-33-29-25-21-18-16-14-12-10-8-6-4-2/h17,19,50,54H,3-16,18,20-49H2,1-2H3,(H,53,56)/b19-17-/t50-/m1/s1. The van der Waals surface area contributed by atoms with Crippen LogP contribution in [0.1, 0.15) is 296 Å². The van der Waals surface area contributed by atoms with Gasteiger partial charge in [0.2, 0.25) is 5.91 Å². The number of aliphatic hydroxyl groups excluding tert-OH is 1. The fourth-order valence-corrected chi connectivity index (χ4v) is 8.16. The van der Waals surface area contributed by atoms with Crippen molar-refractivity contribution in [3.63, 3.8) is 0 Å². The van der Waals surface area contributed by atoms with Gasteiger partial charge in [0.05, 0.1) is 12.6 Å². The Balaban J connectivity index is 3.38. The number of carbonyl (C=O) groups excluding carboxylic acids is 2. The Hall–Kier alpha value is -1.16. The van der Waals surface area contributed by atoms with E-state index >= 15 is 0 Å². The minimum absolute atomic E-state index is 0.0591. The average Bonchev–Trinajstić information content (AvgIpc) is 3.20. The molecule has 0 aromatic rings. The predicted octanol–water partition coefficient (Wildman–Crippen LogP) is 16.8. The van der Waals surface area contributed by atoms with Crippen LogP contribution < -0.4 is 5.32 Å². The largest absolute Gasteiger partial charge is 0.394 e. The summed E-state index contributed by atoms with van der Waals surface area (Å²) in [6.45, 7) is 4.62. The van der Waals surface area contributed by atoms with Gasteiger partial charge in [0, 0.05) is 19.3 Å². The number of Topliss-reactive ketones (excluding diaryl/α,β-unsaturated/α-hetero) is 1. The zero-order valence-electron chi connectivity index (χ0n) is 38.3. The molecule has 0 aromatic heterocycles. The zero-order chi connectivity index (χ0) is 40.7. The van der Waals surface area contributed by atoms with Gasteiger partial charge in [-0.2, -0.15) is 0 Å². The van der Waals surface area contributed by atoms with Crippen LogP contribution in [0.15, 0.2) is 12.2 Å². The van der Waals surface area contributed by atoms with Crippen LogP contribution in [-0.4, -0.2) is 29.4 Å². The number of allylic oxidation sites excluding steroid dienone is 2. The highest BCUT2D eigenvalue weighted by Crippen LogP contribution is 2.17. The summed E-state index contributed by atoms with van der Waals surface area (Å²) in [4.78, 5) is 24.6. The number of amides is 1. The molecule has 0 fully saturated rings. The van der Waals surface area contributed by atoms with Crippen molar-refractivity contribution in [3.05, 3.63) is 12.2 Å². The number of hydrogen-bond acceptors (Lipinski definition) is 3. The van der Waals surface area contributed by atoms with E-state index in [2.05, 4.69) is 31.3 Å². The molecule has 0 radical (unpaired) electrons. The summed E-state index contributed by atoms with van der Waals surface area (Å²) < 4.78 is 0. The average molecular weight is 788 g/mol. The van der Waals surface area contributed by atoms with Crippen LogP contribution in [0.2, 0.25) is 0 Å². The second-order valence-corrected chi connectivity index (χ2v) is 17.8. The molecule has 4 nitrogen and oxygen atoms in total. The molecule has 2 N–H and O–H groups in total. The first kappa shape index (κ1) is 54.8. The number of unbranched alkanes of at least 4 members (excludes halogenated alkanes) is 36. The van der Waals surface area contributed by atoms with Crippen LogP contribution in [0, 0.1) is 0 Å². The predicted molar refractivity (Wildman–Crippen MR) is 248 cm³/mol. The number of ketones is 1. The quantitative estimate of drug-likeness (QED) is 0.0477. The Kier molecular flexibility index (Phi) is 47.2. The molecule has 4 heteroatoms. The lowest BCUT2D eigenvalue weighted by Gasteiger charge is -2.16. The van der Waals surface area contributed by atoms with E-state index in [1.807, 2.05) is 0 Å². The van der Waals surface area contributed by atoms with Crippen LogP contribution in [0.25, 0.3) is 0 Å². The molecule has 0 bridgehead atoms. The van der Waals surface area contributed by atoms with E-state index in [-0.39, 0.29) is 18.6 Å². The lowest BCUT2D eigenvalue weighted by molar-refractivity contribution is -0.122. The third kappa shape index (κ3) is 45.5. The van der Waals surface area contributed by atoms with Gasteiger partial charge in [-0.25, -0.2) is 0 Å². The molecular weight excluding hydrogens is 687 g/mol. The first-order chi connectivity index (χ1) is 27.6. The second-order valence-electron chi connectivity index (χ2n) is 17.8. The lowest BCUT2D eigenvalue weighted by Crippen LogP contribution is -2.37. The Bertz CT molecular complexity index is 810. The van der Waals surface area contributed by atoms with Crippen LogP contribution in [0.3, 0.4) is 0 Å². The third-order valence-corrected chi connectivity index (χ3v) is 12.1. The molecule has 0 saturated heterocycles. The molecule has 0 spiro atoms. The van der Waals surface area contributed by atoms with Gasteiger partial charge in [-0.3, -0.25) is 9.59 Å². The Morgan fingerprint density at radius 3 is 1.02 bits per heavy atom. The van der Waals surface area contributed by atoms with Crippen LogP contribution in [0.5, 0.6) is 0 Å². The Morgan fingerprint density at radius 2 is 0.679 bits per heavy atom. The van der Waals surface area contributed by atoms with Crippen molar-refractivity contribution < 1.29 is 14.7 Å². The summed E-state index contributed by atoms with van der Waals surface area (Å²) in [5.74, 6) is 0.613. The first-order valence-corrected chi connectivity index (χ1v) is 25.7. The normalized spacial score (nSPS) is 12.2. The van der Waals surface area contributed by atoms with E-state index in [0.717, 1.165) is 51.4 Å². The number of hydrogen-bond donors (Lipinski definition) is 2. The minimum Gasteiger partial charge on any atom is -0.394 e. The monoisotopic (exact) mass is 788 g/mol. The highest BCUT2D eigenvalue weighted by molar-refractivity contribution is 5.78. The maximum absolute atomic E-state index is 12.4. The highest BCUT2D eigenvalue weighted by Gasteiger charge is 2.11. The minimum atomic E-state index is -0.0685. The molecule has 0 aliphatic heterocycles. The summed E-state index contributed by atoms with van der Waals surface area (Å²) in [5, 5.41) is 12.8. The molecule has 56 heavy (non-hydrogen) atoms. The first-order valence-electron chi connectivity index (χ1n) is 25.7. The summed E-state index contributed by atoms with van der Waals surface area (Å²) in [6, 6.07) is -0.0685. The number of nitrogens with one attached hydrogen (secondary N) is 1. The van der Waals surface area contributed by atoms with Crippen molar-refractivity contribution in [1.82, 2.24) is 5.32 Å². The van der Waals surface area contributed by atoms with E-state index in [1.165, 1.54) is 225 Å². The Morgan fingerprint density at radius 1 is 0.393 bits per heavy atom. The smallest absolute Gasteiger partial charge is 0.220 e. The molecule has 1 amide bonds. The van der Waals surface area contributed by atoms with Gasteiger partial charge in [-0.05, 0) is 51.4 Å². The SMILES string of the molecule is CCCCCCCC/C=C\CCCCCCCC(=O)CCCCCCCCCCCCCCCC(=O)N[C@@H](CO)CCCCCCCCCCCCCCCC. The van der Waals surface area contributed by atoms with Crippen LogP contribution in [-0.2, 0) is 9.59 Å². The summed E-state index contributed by atoms with van der Waals surface area (Å²) in [7, 11) is 0. The molecule has 1 atom stereocenters. The summed E-state index contributed by atoms with van der Waals surface area (Å²) >= 11 is 0. The van der Waals surface area contributed by atoms with Gasteiger partial charge in [-0.1, -0.05) is 238 Å². The van der Waals surface area contributed by atoms with Crippen LogP contribution >= 0.6 is 0 Å². The van der Waals surface area contributed by atoms with Crippen molar-refractivity contribution in [2.45, 2.75) is 302 Å². The van der Waals surface area contributed by atoms with E-state index in [9.17, 15) is 14.7 Å². The molecule has 0 rings (SSSR count). The molecule has 0 aliphatic carbocycles. The number of carbonyl (C=O) groups is 2. The fourth-order valence-electron chi connectivity index (χ4n) is 8.16. The molecular formula is C52H101NO3. The maximum atomic E-state index is 12.4. The maximum Gasteiger partial charge on any atom is 0.220 e. The summed E-state index contributed by atoms with van der Waals surface area (Å²) in [5.41, 5.74) is 0. The number of rotatable bonds is 48. The number of aliphatic hydroxyl groups is 1. The van der Waals surface area contributed by atoms with Crippen molar-refractivity contribution in [1.29, 1.82) is 0 Å². The van der Waals surface area contributed by atoms with E-state index < -0.39 is 0 Å². The molecule has 332 valence electrons. The van der Waals surface area contributed by atoms with Gasteiger partial charge in [-0.15, -0.1) is 0 Å². The lowest BCUT2D eigenvalue weighted by atomic mass is 10.0. The highest BCUT2D eigenvalue weighted by atomic mass is 16.3. The summed E-state index contributed by atoms with van der Waals surface area (Å²) in [6.07, 6.45) is 60.0. The fraction of sp³-hybridized carbons (Fsp3) is 0.923. The van der Waals surface area contributed by atoms with Crippen molar-refractivity contribution in [2.24, 2.45) is 0 Å². The van der Waals surface area contributed by atoms with Gasteiger partial charge >= 0.3 is 0 Å². The van der Waals surface area contributed by atoms with Gasteiger partial charge in [0.15, 0.2) is 0 Å². The topological polar surface area (TPSA) is 66.4 Å². The van der Waals surface area contributed by atoms with Gasteiger partial charge in [0.25, 0.3) is 0 Å². The van der Waals surface area contributed by atoms with Crippen molar-refractivity contribution in [3.8, 4) is 0 Å². The van der Waals surface area contributed by atoms with Crippen LogP contribution in [0.4, 0.5) is 0 Å².